The predicted octanol–water partition coefficient (Wildman–Crippen LogP) is 1.52. The normalized spacial score (nSPS) is 16.1. The van der Waals surface area contributed by atoms with Gasteiger partial charge in [0.2, 0.25) is 5.75 Å². The van der Waals surface area contributed by atoms with Gasteiger partial charge in [-0.25, -0.2) is 9.37 Å². The van der Waals surface area contributed by atoms with Crippen molar-refractivity contribution in [1.29, 1.82) is 0 Å². The molecule has 0 bridgehead atoms. The summed E-state index contributed by atoms with van der Waals surface area (Å²) in [5, 5.41) is 22.7. The number of carbonyl (C=O) groups is 1. The van der Waals surface area contributed by atoms with Crippen LogP contribution >= 0.6 is 0 Å². The van der Waals surface area contributed by atoms with Gasteiger partial charge in [0, 0.05) is 25.3 Å². The molecule has 0 saturated carbocycles. The van der Waals surface area contributed by atoms with Crippen LogP contribution in [0.4, 0.5) is 4.39 Å². The third-order valence-electron chi connectivity index (χ3n) is 5.07. The summed E-state index contributed by atoms with van der Waals surface area (Å²) in [5.41, 5.74) is -0.695. The molecule has 1 fully saturated rings. The molecule has 3 N–H and O–H groups in total. The van der Waals surface area contributed by atoms with Gasteiger partial charge >= 0.3 is 0 Å². The molecule has 1 aromatic heterocycles. The largest absolute Gasteiger partial charge is 0.501 e. The maximum absolute atomic E-state index is 13.7. The summed E-state index contributed by atoms with van der Waals surface area (Å²) in [4.78, 5) is 22.8. The van der Waals surface area contributed by atoms with E-state index in [0.29, 0.717) is 31.6 Å². The second-order valence-corrected chi connectivity index (χ2v) is 6.88. The number of carbonyl (C=O) groups excluding carboxylic acids is 1. The number of ether oxygens (including phenoxy) is 1. The van der Waals surface area contributed by atoms with Crippen molar-refractivity contribution in [2.75, 3.05) is 27.3 Å². The van der Waals surface area contributed by atoms with Gasteiger partial charge in [-0.15, -0.1) is 0 Å². The Morgan fingerprint density at radius 2 is 1.93 bits per heavy atom. The highest BCUT2D eigenvalue weighted by atomic mass is 19.1. The van der Waals surface area contributed by atoms with E-state index in [1.807, 2.05) is 19.0 Å². The minimum atomic E-state index is -0.735. The van der Waals surface area contributed by atoms with E-state index in [0.717, 1.165) is 0 Å². The van der Waals surface area contributed by atoms with Crippen LogP contribution in [-0.4, -0.2) is 58.3 Å². The predicted molar refractivity (Wildman–Crippen MR) is 98.3 cm³/mol. The van der Waals surface area contributed by atoms with E-state index in [2.05, 4.69) is 15.3 Å². The Kier molecular flexibility index (Phi) is 5.76. The van der Waals surface area contributed by atoms with Gasteiger partial charge in [0.05, 0.1) is 5.54 Å². The Balaban J connectivity index is 1.91. The lowest BCUT2D eigenvalue weighted by molar-refractivity contribution is -0.0156. The quantitative estimate of drug-likeness (QED) is 0.710. The molecule has 1 aliphatic rings. The topological polar surface area (TPSA) is 108 Å². The first kappa shape index (κ1) is 20.0. The molecule has 1 amide bonds. The van der Waals surface area contributed by atoms with Crippen LogP contribution in [-0.2, 0) is 16.8 Å². The van der Waals surface area contributed by atoms with Crippen LogP contribution in [0.25, 0.3) is 0 Å². The molecule has 1 saturated heterocycles. The zero-order chi connectivity index (χ0) is 20.3. The molecule has 1 aliphatic heterocycles. The maximum Gasteiger partial charge on any atom is 0.274 e. The summed E-state index contributed by atoms with van der Waals surface area (Å²) < 4.78 is 19.2. The van der Waals surface area contributed by atoms with Crippen molar-refractivity contribution in [3.05, 3.63) is 47.2 Å². The van der Waals surface area contributed by atoms with Crippen molar-refractivity contribution in [2.45, 2.75) is 24.9 Å². The number of aromatic nitrogens is 2. The number of nitrogens with one attached hydrogen (secondary N) is 1. The standard InChI is InChI=1S/C19H23FN4O4/c1-24(2)19(7-9-28-10-8-19)18-22-14(15(25)17(27)23-18)16(26)21-11-12-5-3-4-6-13(12)20/h3-6,25H,7-11H2,1-2H3,(H,21,26)(H,22,23,27). The first-order chi connectivity index (χ1) is 13.3. The minimum absolute atomic E-state index is 0.0856. The van der Waals surface area contributed by atoms with E-state index < -0.39 is 28.9 Å². The molecule has 0 unspecified atom stereocenters. The molecule has 9 heteroatoms. The fraction of sp³-hybridized carbons (Fsp3) is 0.421. The van der Waals surface area contributed by atoms with E-state index in [4.69, 9.17) is 4.74 Å². The Labute approximate surface area is 162 Å². The molecule has 0 aliphatic carbocycles. The van der Waals surface area contributed by atoms with Crippen LogP contribution in [0.15, 0.2) is 24.3 Å². The van der Waals surface area contributed by atoms with Crippen molar-refractivity contribution in [3.63, 3.8) is 0 Å². The maximum atomic E-state index is 13.7. The molecule has 150 valence electrons. The number of rotatable bonds is 5. The Morgan fingerprint density at radius 1 is 1.25 bits per heavy atom. The van der Waals surface area contributed by atoms with Crippen molar-refractivity contribution >= 4 is 5.91 Å². The van der Waals surface area contributed by atoms with Gasteiger partial charge in [0.1, 0.15) is 5.82 Å². The van der Waals surface area contributed by atoms with E-state index in [-0.39, 0.29) is 18.1 Å². The molecule has 8 nitrogen and oxygen atoms in total. The molecule has 1 aromatic carbocycles. The van der Waals surface area contributed by atoms with Gasteiger partial charge in [-0.3, -0.25) is 9.69 Å². The van der Waals surface area contributed by atoms with Crippen LogP contribution in [0.1, 0.15) is 34.7 Å². The first-order valence-electron chi connectivity index (χ1n) is 8.92. The number of hydrogen-bond acceptors (Lipinski definition) is 7. The number of amides is 1. The smallest absolute Gasteiger partial charge is 0.274 e. The second kappa shape index (κ2) is 8.07. The van der Waals surface area contributed by atoms with Crippen LogP contribution in [0, 0.1) is 5.82 Å². The summed E-state index contributed by atoms with van der Waals surface area (Å²) in [6.45, 7) is 0.883. The van der Waals surface area contributed by atoms with Gasteiger partial charge < -0.3 is 20.3 Å². The fourth-order valence-corrected chi connectivity index (χ4v) is 3.29. The van der Waals surface area contributed by atoms with Gasteiger partial charge in [0.25, 0.3) is 11.8 Å². The molecule has 28 heavy (non-hydrogen) atoms. The molecule has 2 heterocycles. The minimum Gasteiger partial charge on any atom is -0.501 e. The number of nitrogens with zero attached hydrogens (tertiary/aromatic N) is 3. The second-order valence-electron chi connectivity index (χ2n) is 6.88. The molecule has 2 aromatic rings. The van der Waals surface area contributed by atoms with E-state index in [9.17, 15) is 19.4 Å². The van der Waals surface area contributed by atoms with Crippen LogP contribution < -0.4 is 5.32 Å². The average Bonchev–Trinajstić information content (AvgIpc) is 2.69. The number of halogens is 1. The summed E-state index contributed by atoms with van der Waals surface area (Å²) in [6.07, 6.45) is 1.14. The lowest BCUT2D eigenvalue weighted by Gasteiger charge is -2.41. The van der Waals surface area contributed by atoms with Gasteiger partial charge in [-0.2, -0.15) is 4.98 Å². The Bertz CT molecular complexity index is 869. The summed E-state index contributed by atoms with van der Waals surface area (Å²) in [7, 11) is 3.72. The molecular formula is C19H23FN4O4. The molecule has 0 spiro atoms. The molecule has 3 rings (SSSR count). The van der Waals surface area contributed by atoms with Crippen LogP contribution in [0.5, 0.6) is 11.6 Å². The average molecular weight is 390 g/mol. The third kappa shape index (κ3) is 3.76. The zero-order valence-corrected chi connectivity index (χ0v) is 15.8. The van der Waals surface area contributed by atoms with Crippen LogP contribution in [0.2, 0.25) is 0 Å². The zero-order valence-electron chi connectivity index (χ0n) is 15.8. The first-order valence-corrected chi connectivity index (χ1v) is 8.92. The molecule has 0 atom stereocenters. The summed E-state index contributed by atoms with van der Waals surface area (Å²) in [6, 6.07) is 6.04. The number of aromatic hydroxyl groups is 2. The lowest BCUT2D eigenvalue weighted by atomic mass is 9.87. The highest BCUT2D eigenvalue weighted by Gasteiger charge is 2.41. The van der Waals surface area contributed by atoms with Crippen molar-refractivity contribution in [3.8, 4) is 11.6 Å². The van der Waals surface area contributed by atoms with Crippen molar-refractivity contribution < 1.29 is 24.1 Å². The Hall–Kier alpha value is -2.78. The van der Waals surface area contributed by atoms with E-state index in [1.165, 1.54) is 6.07 Å². The number of benzene rings is 1. The van der Waals surface area contributed by atoms with Crippen molar-refractivity contribution in [2.24, 2.45) is 0 Å². The number of hydrogen-bond donors (Lipinski definition) is 3. The third-order valence-corrected chi connectivity index (χ3v) is 5.07. The SMILES string of the molecule is CN(C)C1(c2nc(O)c(O)c(C(=O)NCc3ccccc3F)n2)CCOCC1. The van der Waals surface area contributed by atoms with E-state index >= 15 is 0 Å². The van der Waals surface area contributed by atoms with E-state index in [1.54, 1.807) is 18.2 Å². The highest BCUT2D eigenvalue weighted by Crippen LogP contribution is 2.37. The monoisotopic (exact) mass is 390 g/mol. The lowest BCUT2D eigenvalue weighted by Crippen LogP contribution is -2.47. The molecular weight excluding hydrogens is 367 g/mol. The summed E-state index contributed by atoms with van der Waals surface area (Å²) in [5.74, 6) is -2.34. The Morgan fingerprint density at radius 3 is 2.57 bits per heavy atom. The van der Waals surface area contributed by atoms with Crippen molar-refractivity contribution in [1.82, 2.24) is 20.2 Å². The summed E-state index contributed by atoms with van der Waals surface area (Å²) >= 11 is 0. The highest BCUT2D eigenvalue weighted by molar-refractivity contribution is 5.95. The van der Waals surface area contributed by atoms with Gasteiger partial charge in [0.15, 0.2) is 11.5 Å². The van der Waals surface area contributed by atoms with Crippen LogP contribution in [0.3, 0.4) is 0 Å². The van der Waals surface area contributed by atoms with Gasteiger partial charge in [-0.05, 0) is 33.0 Å². The van der Waals surface area contributed by atoms with Gasteiger partial charge in [-0.1, -0.05) is 18.2 Å². The molecule has 0 radical (unpaired) electrons. The fourth-order valence-electron chi connectivity index (χ4n) is 3.29.